The number of guanidine groups is 1. The first-order valence-corrected chi connectivity index (χ1v) is 9.40. The van der Waals surface area contributed by atoms with Gasteiger partial charge in [0.2, 0.25) is 0 Å². The summed E-state index contributed by atoms with van der Waals surface area (Å²) in [5, 5.41) is 8.79. The largest absolute Gasteiger partial charge is 0.357 e. The molecule has 0 unspecified atom stereocenters. The first-order chi connectivity index (χ1) is 11.7. The van der Waals surface area contributed by atoms with Crippen molar-refractivity contribution in [3.63, 3.8) is 0 Å². The van der Waals surface area contributed by atoms with Crippen LogP contribution in [-0.4, -0.2) is 31.0 Å². The van der Waals surface area contributed by atoms with Gasteiger partial charge in [0, 0.05) is 18.0 Å². The van der Waals surface area contributed by atoms with E-state index in [1.54, 1.807) is 11.3 Å². The maximum absolute atomic E-state index is 4.71. The van der Waals surface area contributed by atoms with E-state index >= 15 is 0 Å². The van der Waals surface area contributed by atoms with Gasteiger partial charge in [0.15, 0.2) is 5.96 Å². The minimum atomic E-state index is 0. The van der Waals surface area contributed by atoms with Crippen LogP contribution >= 0.6 is 35.3 Å². The molecule has 0 saturated heterocycles. The first kappa shape index (κ1) is 21.9. The zero-order chi connectivity index (χ0) is 17.2. The SMILES string of the molecule is CCNC(=NCc1cccc(CN(C)CC)c1)NCc1cccs1.I. The monoisotopic (exact) mass is 472 g/mol. The Labute approximate surface area is 172 Å². The summed E-state index contributed by atoms with van der Waals surface area (Å²) in [5.41, 5.74) is 2.58. The van der Waals surface area contributed by atoms with E-state index < -0.39 is 0 Å². The van der Waals surface area contributed by atoms with Crippen LogP contribution in [0.25, 0.3) is 0 Å². The summed E-state index contributed by atoms with van der Waals surface area (Å²) in [4.78, 5) is 8.32. The van der Waals surface area contributed by atoms with Crippen LogP contribution in [0.15, 0.2) is 46.8 Å². The molecule has 2 N–H and O–H groups in total. The average molecular weight is 472 g/mol. The molecule has 138 valence electrons. The average Bonchev–Trinajstić information content (AvgIpc) is 3.11. The third-order valence-corrected chi connectivity index (χ3v) is 4.63. The van der Waals surface area contributed by atoms with E-state index in [1.807, 2.05) is 0 Å². The van der Waals surface area contributed by atoms with E-state index in [0.717, 1.165) is 32.1 Å². The number of rotatable bonds is 8. The molecule has 2 rings (SSSR count). The lowest BCUT2D eigenvalue weighted by Crippen LogP contribution is -2.36. The number of hydrogen-bond donors (Lipinski definition) is 2. The van der Waals surface area contributed by atoms with Gasteiger partial charge in [0.05, 0.1) is 13.1 Å². The molecule has 0 aliphatic rings. The molecule has 0 saturated carbocycles. The Hall–Kier alpha value is -1.12. The molecule has 0 fully saturated rings. The van der Waals surface area contributed by atoms with E-state index in [-0.39, 0.29) is 24.0 Å². The second kappa shape index (κ2) is 12.3. The second-order valence-corrected chi connectivity index (χ2v) is 6.81. The highest BCUT2D eigenvalue weighted by Gasteiger charge is 2.01. The number of nitrogens with one attached hydrogen (secondary N) is 2. The van der Waals surface area contributed by atoms with E-state index in [4.69, 9.17) is 4.99 Å². The number of nitrogens with zero attached hydrogens (tertiary/aromatic N) is 2. The summed E-state index contributed by atoms with van der Waals surface area (Å²) < 4.78 is 0. The molecular formula is C19H29IN4S. The van der Waals surface area contributed by atoms with Gasteiger partial charge in [0.25, 0.3) is 0 Å². The minimum Gasteiger partial charge on any atom is -0.357 e. The Kier molecular flexibility index (Phi) is 10.8. The minimum absolute atomic E-state index is 0. The molecule has 1 heterocycles. The Bertz CT molecular complexity index is 628. The number of thiophene rings is 1. The maximum atomic E-state index is 4.71. The molecule has 25 heavy (non-hydrogen) atoms. The number of aliphatic imine (C=N–C) groups is 1. The van der Waals surface area contributed by atoms with E-state index in [9.17, 15) is 0 Å². The molecule has 0 spiro atoms. The molecule has 0 amide bonds. The zero-order valence-electron chi connectivity index (χ0n) is 15.3. The van der Waals surface area contributed by atoms with Crippen molar-refractivity contribution in [2.75, 3.05) is 20.1 Å². The molecule has 0 bridgehead atoms. The van der Waals surface area contributed by atoms with Crippen molar-refractivity contribution in [1.82, 2.24) is 15.5 Å². The fourth-order valence-corrected chi connectivity index (χ4v) is 2.99. The van der Waals surface area contributed by atoms with Gasteiger partial charge >= 0.3 is 0 Å². The molecule has 0 atom stereocenters. The summed E-state index contributed by atoms with van der Waals surface area (Å²) in [5.74, 6) is 0.863. The van der Waals surface area contributed by atoms with Gasteiger partial charge < -0.3 is 15.5 Å². The highest BCUT2D eigenvalue weighted by Crippen LogP contribution is 2.09. The van der Waals surface area contributed by atoms with Gasteiger partial charge in [0.1, 0.15) is 0 Å². The van der Waals surface area contributed by atoms with Gasteiger partial charge in [-0.2, -0.15) is 0 Å². The number of halogens is 1. The molecule has 1 aromatic carbocycles. The zero-order valence-corrected chi connectivity index (χ0v) is 18.4. The van der Waals surface area contributed by atoms with Crippen molar-refractivity contribution in [1.29, 1.82) is 0 Å². The van der Waals surface area contributed by atoms with Crippen LogP contribution in [0.1, 0.15) is 29.9 Å². The predicted molar refractivity (Wildman–Crippen MR) is 120 cm³/mol. The van der Waals surface area contributed by atoms with Gasteiger partial charge in [-0.05, 0) is 43.1 Å². The highest BCUT2D eigenvalue weighted by atomic mass is 127. The third kappa shape index (κ3) is 8.20. The first-order valence-electron chi connectivity index (χ1n) is 8.52. The number of hydrogen-bond acceptors (Lipinski definition) is 3. The lowest BCUT2D eigenvalue weighted by atomic mass is 10.1. The maximum Gasteiger partial charge on any atom is 0.191 e. The topological polar surface area (TPSA) is 39.7 Å². The normalized spacial score (nSPS) is 11.3. The summed E-state index contributed by atoms with van der Waals surface area (Å²) in [6.45, 7) is 8.65. The molecule has 2 aromatic rings. The van der Waals surface area contributed by atoms with Crippen molar-refractivity contribution in [3.8, 4) is 0 Å². The molecule has 0 radical (unpaired) electrons. The van der Waals surface area contributed by atoms with Crippen LogP contribution < -0.4 is 10.6 Å². The fourth-order valence-electron chi connectivity index (χ4n) is 2.35. The molecule has 1 aromatic heterocycles. The lowest BCUT2D eigenvalue weighted by molar-refractivity contribution is 0.345. The van der Waals surface area contributed by atoms with Crippen molar-refractivity contribution in [3.05, 3.63) is 57.8 Å². The van der Waals surface area contributed by atoms with Gasteiger partial charge in [-0.3, -0.25) is 0 Å². The number of benzene rings is 1. The van der Waals surface area contributed by atoms with Crippen LogP contribution in [0.2, 0.25) is 0 Å². The van der Waals surface area contributed by atoms with Gasteiger partial charge in [-0.25, -0.2) is 4.99 Å². The van der Waals surface area contributed by atoms with Crippen LogP contribution in [0.4, 0.5) is 0 Å². The highest BCUT2D eigenvalue weighted by molar-refractivity contribution is 14.0. The Morgan fingerprint density at radius 2 is 1.92 bits per heavy atom. The molecule has 0 aliphatic carbocycles. The summed E-state index contributed by atoms with van der Waals surface area (Å²) in [6.07, 6.45) is 0. The standard InChI is InChI=1S/C19H28N4S.HI/c1-4-20-19(22-14-18-10-7-11-24-18)21-13-16-8-6-9-17(12-16)15-23(3)5-2;/h6-12H,4-5,13-15H2,1-3H3,(H2,20,21,22);1H. The van der Waals surface area contributed by atoms with Crippen LogP contribution in [0, 0.1) is 0 Å². The van der Waals surface area contributed by atoms with E-state index in [0.29, 0.717) is 6.54 Å². The van der Waals surface area contributed by atoms with Crippen LogP contribution in [-0.2, 0) is 19.6 Å². The quantitative estimate of drug-likeness (QED) is 0.346. The predicted octanol–water partition coefficient (Wildman–Crippen LogP) is 4.07. The molecule has 6 heteroatoms. The Morgan fingerprint density at radius 1 is 1.12 bits per heavy atom. The van der Waals surface area contributed by atoms with Crippen LogP contribution in [0.3, 0.4) is 0 Å². The Balaban J connectivity index is 0.00000312. The van der Waals surface area contributed by atoms with Gasteiger partial charge in [-0.15, -0.1) is 35.3 Å². The second-order valence-electron chi connectivity index (χ2n) is 5.78. The summed E-state index contributed by atoms with van der Waals surface area (Å²) in [7, 11) is 2.14. The Morgan fingerprint density at radius 3 is 2.60 bits per heavy atom. The smallest absolute Gasteiger partial charge is 0.191 e. The van der Waals surface area contributed by atoms with Crippen molar-refractivity contribution in [2.24, 2.45) is 4.99 Å². The lowest BCUT2D eigenvalue weighted by Gasteiger charge is -2.14. The fraction of sp³-hybridized carbons (Fsp3) is 0.421. The molecule has 4 nitrogen and oxygen atoms in total. The van der Waals surface area contributed by atoms with Crippen molar-refractivity contribution < 1.29 is 0 Å². The summed E-state index contributed by atoms with van der Waals surface area (Å²) in [6, 6.07) is 12.9. The summed E-state index contributed by atoms with van der Waals surface area (Å²) >= 11 is 1.76. The van der Waals surface area contributed by atoms with Crippen molar-refractivity contribution >= 4 is 41.3 Å². The van der Waals surface area contributed by atoms with E-state index in [2.05, 4.69) is 78.2 Å². The van der Waals surface area contributed by atoms with Crippen LogP contribution in [0.5, 0.6) is 0 Å². The van der Waals surface area contributed by atoms with Crippen molar-refractivity contribution in [2.45, 2.75) is 33.5 Å². The van der Waals surface area contributed by atoms with Gasteiger partial charge in [-0.1, -0.05) is 37.3 Å². The third-order valence-electron chi connectivity index (χ3n) is 3.76. The molecular weight excluding hydrogens is 443 g/mol. The molecule has 0 aliphatic heterocycles. The van der Waals surface area contributed by atoms with E-state index in [1.165, 1.54) is 16.0 Å².